The second kappa shape index (κ2) is 8.73. The van der Waals surface area contributed by atoms with Gasteiger partial charge in [0.25, 0.3) is 0 Å². The summed E-state index contributed by atoms with van der Waals surface area (Å²) in [6, 6.07) is 51.2. The zero-order valence-electron chi connectivity index (χ0n) is 21.6. The molecule has 8 aromatic rings. The van der Waals surface area contributed by atoms with Gasteiger partial charge in [0.05, 0.1) is 33.7 Å². The fourth-order valence-corrected chi connectivity index (χ4v) is 6.32. The van der Waals surface area contributed by atoms with Gasteiger partial charge in [0, 0.05) is 38.5 Å². The first kappa shape index (κ1) is 22.4. The van der Waals surface area contributed by atoms with Crippen LogP contribution in [0.2, 0.25) is 0 Å². The highest BCUT2D eigenvalue weighted by Crippen LogP contribution is 2.43. The molecule has 40 heavy (non-hydrogen) atoms. The first-order valence-corrected chi connectivity index (χ1v) is 13.4. The van der Waals surface area contributed by atoms with E-state index in [1.807, 2.05) is 18.2 Å². The van der Waals surface area contributed by atoms with E-state index in [0.717, 1.165) is 22.4 Å². The Morgan fingerprint density at radius 3 is 1.88 bits per heavy atom. The van der Waals surface area contributed by atoms with Gasteiger partial charge < -0.3 is 9.13 Å². The predicted octanol–water partition coefficient (Wildman–Crippen LogP) is 9.42. The lowest BCUT2D eigenvalue weighted by Crippen LogP contribution is -1.96. The van der Waals surface area contributed by atoms with E-state index in [9.17, 15) is 5.26 Å². The smallest absolute Gasteiger partial charge is 0.0992 e. The zero-order chi connectivity index (χ0) is 26.6. The van der Waals surface area contributed by atoms with Crippen LogP contribution in [0.5, 0.6) is 0 Å². The molecule has 2 heterocycles. The minimum Gasteiger partial charge on any atom is -0.309 e. The summed E-state index contributed by atoms with van der Waals surface area (Å²) >= 11 is 0. The number of para-hydroxylation sites is 4. The van der Waals surface area contributed by atoms with Crippen molar-refractivity contribution in [2.24, 2.45) is 0 Å². The summed E-state index contributed by atoms with van der Waals surface area (Å²) in [5.74, 6) is 0. The summed E-state index contributed by atoms with van der Waals surface area (Å²) in [6.45, 7) is 0. The van der Waals surface area contributed by atoms with E-state index in [4.69, 9.17) is 0 Å². The second-order valence-electron chi connectivity index (χ2n) is 10.1. The molecule has 0 aliphatic rings. The van der Waals surface area contributed by atoms with E-state index in [2.05, 4.69) is 137 Å². The number of aromatic nitrogens is 2. The van der Waals surface area contributed by atoms with Crippen molar-refractivity contribution in [3.05, 3.63) is 145 Å². The lowest BCUT2D eigenvalue weighted by molar-refractivity contribution is 1.18. The molecular formula is C37H23N3. The second-order valence-corrected chi connectivity index (χ2v) is 10.1. The molecule has 0 saturated carbocycles. The molecule has 0 radical (unpaired) electrons. The normalized spacial score (nSPS) is 11.5. The van der Waals surface area contributed by atoms with Gasteiger partial charge in [0.2, 0.25) is 0 Å². The highest BCUT2D eigenvalue weighted by atomic mass is 15.0. The fraction of sp³-hybridized carbons (Fsp3) is 0. The molecule has 0 aliphatic carbocycles. The summed E-state index contributed by atoms with van der Waals surface area (Å²) in [6.07, 6.45) is 0. The molecule has 8 rings (SSSR count). The van der Waals surface area contributed by atoms with Crippen molar-refractivity contribution in [2.75, 3.05) is 0 Å². The van der Waals surface area contributed by atoms with Crippen LogP contribution in [0.15, 0.2) is 140 Å². The molecule has 0 N–H and O–H groups in total. The van der Waals surface area contributed by atoms with Crippen molar-refractivity contribution in [3.63, 3.8) is 0 Å². The Morgan fingerprint density at radius 2 is 1.05 bits per heavy atom. The van der Waals surface area contributed by atoms with Gasteiger partial charge >= 0.3 is 0 Å². The van der Waals surface area contributed by atoms with Crippen LogP contribution in [-0.4, -0.2) is 9.13 Å². The average molecular weight is 510 g/mol. The quantitative estimate of drug-likeness (QED) is 0.233. The summed E-state index contributed by atoms with van der Waals surface area (Å²) in [7, 11) is 0. The lowest BCUT2D eigenvalue weighted by Gasteiger charge is -2.13. The summed E-state index contributed by atoms with van der Waals surface area (Å²) in [4.78, 5) is 0. The number of hydrogen-bond donors (Lipinski definition) is 0. The Labute approximate surface area is 231 Å². The molecule has 0 spiro atoms. The predicted molar refractivity (Wildman–Crippen MR) is 165 cm³/mol. The minimum atomic E-state index is 0.650. The van der Waals surface area contributed by atoms with Gasteiger partial charge in [-0.25, -0.2) is 0 Å². The molecule has 3 heteroatoms. The van der Waals surface area contributed by atoms with E-state index in [0.29, 0.717) is 5.56 Å². The highest BCUT2D eigenvalue weighted by Gasteiger charge is 2.20. The molecule has 0 fully saturated rings. The standard InChI is InChI=1S/C37H23N3/c38-24-25-11-8-14-27(23-25)39-34-21-7-5-16-32(34)36-29(17-10-22-35(36)39)31-19-9-18-30-28-15-4-6-20-33(28)40(37(30)31)26-12-2-1-3-13-26/h1-23H. The van der Waals surface area contributed by atoms with Crippen molar-refractivity contribution in [1.82, 2.24) is 9.13 Å². The molecule has 0 saturated heterocycles. The maximum atomic E-state index is 9.60. The van der Waals surface area contributed by atoms with E-state index < -0.39 is 0 Å². The van der Waals surface area contributed by atoms with Crippen molar-refractivity contribution in [1.29, 1.82) is 5.26 Å². The summed E-state index contributed by atoms with van der Waals surface area (Å²) < 4.78 is 4.68. The van der Waals surface area contributed by atoms with Gasteiger partial charge in [-0.3, -0.25) is 0 Å². The van der Waals surface area contributed by atoms with E-state index in [1.165, 1.54) is 43.7 Å². The van der Waals surface area contributed by atoms with Crippen LogP contribution in [0, 0.1) is 11.3 Å². The molecule has 0 atom stereocenters. The average Bonchev–Trinajstić information content (AvgIpc) is 3.55. The minimum absolute atomic E-state index is 0.650. The largest absolute Gasteiger partial charge is 0.309 e. The number of rotatable bonds is 3. The van der Waals surface area contributed by atoms with Gasteiger partial charge in [-0.2, -0.15) is 5.26 Å². The van der Waals surface area contributed by atoms with Crippen molar-refractivity contribution >= 4 is 43.6 Å². The van der Waals surface area contributed by atoms with E-state index >= 15 is 0 Å². The van der Waals surface area contributed by atoms with Crippen LogP contribution < -0.4 is 0 Å². The van der Waals surface area contributed by atoms with Crippen LogP contribution >= 0.6 is 0 Å². The molecule has 2 aromatic heterocycles. The van der Waals surface area contributed by atoms with Gasteiger partial charge in [-0.1, -0.05) is 91.0 Å². The number of fused-ring (bicyclic) bond motifs is 6. The van der Waals surface area contributed by atoms with Gasteiger partial charge in [-0.05, 0) is 54.1 Å². The number of nitriles is 1. The van der Waals surface area contributed by atoms with Crippen molar-refractivity contribution in [3.8, 4) is 28.6 Å². The number of nitrogens with zero attached hydrogens (tertiary/aromatic N) is 3. The van der Waals surface area contributed by atoms with Gasteiger partial charge in [0.15, 0.2) is 0 Å². The molecule has 6 aromatic carbocycles. The third-order valence-corrected chi connectivity index (χ3v) is 7.93. The topological polar surface area (TPSA) is 33.6 Å². The fourth-order valence-electron chi connectivity index (χ4n) is 6.32. The van der Waals surface area contributed by atoms with Crippen LogP contribution in [0.3, 0.4) is 0 Å². The monoisotopic (exact) mass is 509 g/mol. The third-order valence-electron chi connectivity index (χ3n) is 7.93. The van der Waals surface area contributed by atoms with Crippen LogP contribution in [0.4, 0.5) is 0 Å². The first-order valence-electron chi connectivity index (χ1n) is 13.4. The van der Waals surface area contributed by atoms with E-state index in [-0.39, 0.29) is 0 Å². The lowest BCUT2D eigenvalue weighted by atomic mass is 9.97. The summed E-state index contributed by atoms with van der Waals surface area (Å²) in [5, 5.41) is 14.5. The Morgan fingerprint density at radius 1 is 0.450 bits per heavy atom. The highest BCUT2D eigenvalue weighted by molar-refractivity contribution is 6.20. The maximum absolute atomic E-state index is 9.60. The van der Waals surface area contributed by atoms with Crippen molar-refractivity contribution < 1.29 is 0 Å². The van der Waals surface area contributed by atoms with Crippen LogP contribution in [-0.2, 0) is 0 Å². The van der Waals surface area contributed by atoms with Crippen molar-refractivity contribution in [2.45, 2.75) is 0 Å². The third kappa shape index (κ3) is 3.17. The van der Waals surface area contributed by atoms with Crippen LogP contribution in [0.1, 0.15) is 5.56 Å². The molecule has 3 nitrogen and oxygen atoms in total. The Kier molecular flexibility index (Phi) is 4.89. The van der Waals surface area contributed by atoms with Crippen LogP contribution in [0.25, 0.3) is 66.1 Å². The molecule has 0 aliphatic heterocycles. The van der Waals surface area contributed by atoms with E-state index in [1.54, 1.807) is 0 Å². The van der Waals surface area contributed by atoms with Gasteiger partial charge in [-0.15, -0.1) is 0 Å². The molecule has 0 bridgehead atoms. The first-order chi connectivity index (χ1) is 19.8. The number of benzene rings is 6. The molecule has 0 amide bonds. The maximum Gasteiger partial charge on any atom is 0.0992 e. The Hall–Kier alpha value is -5.59. The molecular weight excluding hydrogens is 486 g/mol. The van der Waals surface area contributed by atoms with Gasteiger partial charge in [0.1, 0.15) is 0 Å². The summed E-state index contributed by atoms with van der Waals surface area (Å²) in [5.41, 5.74) is 9.79. The number of hydrogen-bond acceptors (Lipinski definition) is 1. The SMILES string of the molecule is N#Cc1cccc(-n2c3ccccc3c3c(-c4cccc5c6ccccc6n(-c6ccccc6)c45)cccc32)c1. The zero-order valence-corrected chi connectivity index (χ0v) is 21.6. The molecule has 186 valence electrons. The Balaban J connectivity index is 1.53. The Bertz CT molecular complexity index is 2280. The molecule has 0 unspecified atom stereocenters.